The van der Waals surface area contributed by atoms with Gasteiger partial charge in [-0.1, -0.05) is 12.1 Å². The molecule has 1 heterocycles. The Morgan fingerprint density at radius 1 is 1.11 bits per heavy atom. The molecule has 0 radical (unpaired) electrons. The van der Waals surface area contributed by atoms with Crippen LogP contribution in [0.2, 0.25) is 0 Å². The lowest BCUT2D eigenvalue weighted by molar-refractivity contribution is -0.122. The summed E-state index contributed by atoms with van der Waals surface area (Å²) in [7, 11) is 0. The second-order valence-corrected chi connectivity index (χ2v) is 6.32. The van der Waals surface area contributed by atoms with Gasteiger partial charge in [0.25, 0.3) is 0 Å². The summed E-state index contributed by atoms with van der Waals surface area (Å²) in [6.07, 6.45) is 0.105. The monoisotopic (exact) mass is 362 g/mol. The van der Waals surface area contributed by atoms with E-state index in [9.17, 15) is 14.4 Å². The minimum Gasteiger partial charge on any atom is -0.326 e. The number of rotatable bonds is 4. The normalized spacial score (nSPS) is 15.9. The average Bonchev–Trinajstić information content (AvgIpc) is 3.03. The number of amides is 3. The zero-order valence-corrected chi connectivity index (χ0v) is 14.7. The lowest BCUT2D eigenvalue weighted by Gasteiger charge is -2.18. The Bertz CT molecular complexity index is 948. The topological polar surface area (TPSA) is 102 Å². The number of anilines is 3. The van der Waals surface area contributed by atoms with E-state index in [0.29, 0.717) is 22.6 Å². The van der Waals surface area contributed by atoms with Crippen LogP contribution in [0, 0.1) is 17.2 Å². The van der Waals surface area contributed by atoms with Crippen LogP contribution in [0.1, 0.15) is 18.9 Å². The zero-order valence-electron chi connectivity index (χ0n) is 14.7. The zero-order chi connectivity index (χ0) is 19.4. The molecule has 0 aliphatic carbocycles. The Morgan fingerprint density at radius 2 is 1.81 bits per heavy atom. The maximum Gasteiger partial charge on any atom is 0.229 e. The van der Waals surface area contributed by atoms with Crippen molar-refractivity contribution in [2.45, 2.75) is 13.3 Å². The van der Waals surface area contributed by atoms with Crippen LogP contribution < -0.4 is 15.5 Å². The van der Waals surface area contributed by atoms with Gasteiger partial charge in [-0.15, -0.1) is 0 Å². The number of nitrogens with zero attached hydrogens (tertiary/aromatic N) is 2. The van der Waals surface area contributed by atoms with Crippen molar-refractivity contribution in [2.75, 3.05) is 22.1 Å². The second-order valence-electron chi connectivity index (χ2n) is 6.32. The SMILES string of the molecule is CC(=O)Nc1cccc(N2C[C@H](C(=O)Nc3cccc(C#N)c3)CC2=O)c1. The van der Waals surface area contributed by atoms with Gasteiger partial charge in [0.1, 0.15) is 0 Å². The van der Waals surface area contributed by atoms with E-state index >= 15 is 0 Å². The maximum absolute atomic E-state index is 12.5. The minimum atomic E-state index is -0.493. The van der Waals surface area contributed by atoms with Crippen molar-refractivity contribution in [2.24, 2.45) is 5.92 Å². The van der Waals surface area contributed by atoms with Crippen LogP contribution in [0.4, 0.5) is 17.1 Å². The molecule has 2 aromatic carbocycles. The standard InChI is InChI=1S/C20H18N4O3/c1-13(25)22-17-6-3-7-18(10-17)24-12-15(9-19(24)26)20(27)23-16-5-2-4-14(8-16)11-21/h2-8,10,15H,9,12H2,1H3,(H,22,25)(H,23,27)/t15-/m1/s1. The third-order valence-corrected chi connectivity index (χ3v) is 4.23. The molecule has 27 heavy (non-hydrogen) atoms. The molecule has 0 bridgehead atoms. The van der Waals surface area contributed by atoms with E-state index in [1.165, 1.54) is 6.92 Å². The molecule has 1 fully saturated rings. The molecule has 3 rings (SSSR count). The molecule has 1 aliphatic rings. The summed E-state index contributed by atoms with van der Waals surface area (Å²) in [4.78, 5) is 37.7. The van der Waals surface area contributed by atoms with Gasteiger partial charge in [-0.05, 0) is 36.4 Å². The first-order valence-electron chi connectivity index (χ1n) is 8.45. The molecule has 7 heteroatoms. The molecule has 1 aliphatic heterocycles. The van der Waals surface area contributed by atoms with E-state index < -0.39 is 5.92 Å². The third-order valence-electron chi connectivity index (χ3n) is 4.23. The summed E-state index contributed by atoms with van der Waals surface area (Å²) in [5.74, 6) is -1.11. The molecular formula is C20H18N4O3. The van der Waals surface area contributed by atoms with Gasteiger partial charge >= 0.3 is 0 Å². The number of hydrogen-bond donors (Lipinski definition) is 2. The molecule has 0 aromatic heterocycles. The summed E-state index contributed by atoms with van der Waals surface area (Å²) in [6, 6.07) is 15.6. The lowest BCUT2D eigenvalue weighted by atomic mass is 10.1. The first-order valence-corrected chi connectivity index (χ1v) is 8.45. The van der Waals surface area contributed by atoms with Gasteiger partial charge in [0.2, 0.25) is 17.7 Å². The van der Waals surface area contributed by atoms with E-state index in [0.717, 1.165) is 0 Å². The molecular weight excluding hydrogens is 344 g/mol. The van der Waals surface area contributed by atoms with Crippen LogP contribution >= 0.6 is 0 Å². The van der Waals surface area contributed by atoms with Crippen LogP contribution in [0.25, 0.3) is 0 Å². The molecule has 2 aromatic rings. The summed E-state index contributed by atoms with van der Waals surface area (Å²) in [6.45, 7) is 1.67. The highest BCUT2D eigenvalue weighted by molar-refractivity contribution is 6.04. The highest BCUT2D eigenvalue weighted by atomic mass is 16.2. The van der Waals surface area contributed by atoms with Gasteiger partial charge in [0, 0.05) is 37.0 Å². The largest absolute Gasteiger partial charge is 0.326 e. The number of carbonyl (C=O) groups is 3. The Morgan fingerprint density at radius 3 is 2.52 bits per heavy atom. The van der Waals surface area contributed by atoms with E-state index in [4.69, 9.17) is 5.26 Å². The van der Waals surface area contributed by atoms with Gasteiger partial charge in [-0.2, -0.15) is 5.26 Å². The predicted molar refractivity (Wildman–Crippen MR) is 101 cm³/mol. The highest BCUT2D eigenvalue weighted by Gasteiger charge is 2.35. The van der Waals surface area contributed by atoms with Gasteiger partial charge in [0.05, 0.1) is 17.6 Å². The number of benzene rings is 2. The first kappa shape index (κ1) is 18.1. The van der Waals surface area contributed by atoms with Crippen LogP contribution in [0.15, 0.2) is 48.5 Å². The third kappa shape index (κ3) is 4.30. The van der Waals surface area contributed by atoms with E-state index in [1.807, 2.05) is 6.07 Å². The molecule has 3 amide bonds. The van der Waals surface area contributed by atoms with Crippen molar-refractivity contribution < 1.29 is 14.4 Å². The van der Waals surface area contributed by atoms with Crippen molar-refractivity contribution in [1.29, 1.82) is 5.26 Å². The summed E-state index contributed by atoms with van der Waals surface area (Å²) in [5.41, 5.74) is 2.20. The minimum absolute atomic E-state index is 0.105. The molecule has 0 unspecified atom stereocenters. The van der Waals surface area contributed by atoms with Gasteiger partial charge in [-0.3, -0.25) is 14.4 Å². The summed E-state index contributed by atoms with van der Waals surface area (Å²) < 4.78 is 0. The van der Waals surface area contributed by atoms with E-state index in [1.54, 1.807) is 53.4 Å². The van der Waals surface area contributed by atoms with Crippen molar-refractivity contribution in [3.05, 3.63) is 54.1 Å². The van der Waals surface area contributed by atoms with Crippen LogP contribution in [0.5, 0.6) is 0 Å². The lowest BCUT2D eigenvalue weighted by Crippen LogP contribution is -2.28. The molecule has 0 spiro atoms. The van der Waals surface area contributed by atoms with Crippen molar-refractivity contribution in [3.8, 4) is 6.07 Å². The molecule has 0 saturated carbocycles. The fourth-order valence-electron chi connectivity index (χ4n) is 3.00. The van der Waals surface area contributed by atoms with Crippen molar-refractivity contribution in [1.82, 2.24) is 0 Å². The van der Waals surface area contributed by atoms with Crippen molar-refractivity contribution in [3.63, 3.8) is 0 Å². The smallest absolute Gasteiger partial charge is 0.229 e. The molecule has 136 valence electrons. The quantitative estimate of drug-likeness (QED) is 0.872. The fourth-order valence-corrected chi connectivity index (χ4v) is 3.00. The van der Waals surface area contributed by atoms with Crippen LogP contribution in [0.3, 0.4) is 0 Å². The van der Waals surface area contributed by atoms with Crippen molar-refractivity contribution >= 4 is 34.8 Å². The van der Waals surface area contributed by atoms with Crippen LogP contribution in [-0.4, -0.2) is 24.3 Å². The number of nitriles is 1. The number of carbonyl (C=O) groups excluding carboxylic acids is 3. The predicted octanol–water partition coefficient (Wildman–Crippen LogP) is 2.51. The molecule has 2 N–H and O–H groups in total. The van der Waals surface area contributed by atoms with E-state index in [2.05, 4.69) is 10.6 Å². The maximum atomic E-state index is 12.5. The summed E-state index contributed by atoms with van der Waals surface area (Å²) in [5, 5.41) is 14.4. The fraction of sp³-hybridized carbons (Fsp3) is 0.200. The van der Waals surface area contributed by atoms with Gasteiger partial charge < -0.3 is 15.5 Å². The van der Waals surface area contributed by atoms with Gasteiger partial charge in [0.15, 0.2) is 0 Å². The Kier molecular flexibility index (Phi) is 5.18. The van der Waals surface area contributed by atoms with E-state index in [-0.39, 0.29) is 30.7 Å². The first-order chi connectivity index (χ1) is 13.0. The molecule has 1 saturated heterocycles. The molecule has 1 atom stereocenters. The number of nitrogens with one attached hydrogen (secondary N) is 2. The Hall–Kier alpha value is -3.66. The van der Waals surface area contributed by atoms with Crippen LogP contribution in [-0.2, 0) is 14.4 Å². The average molecular weight is 362 g/mol. The number of hydrogen-bond acceptors (Lipinski definition) is 4. The van der Waals surface area contributed by atoms with Gasteiger partial charge in [-0.25, -0.2) is 0 Å². The Labute approximate surface area is 156 Å². The Balaban J connectivity index is 1.70. The molecule has 7 nitrogen and oxygen atoms in total. The highest BCUT2D eigenvalue weighted by Crippen LogP contribution is 2.28. The second kappa shape index (κ2) is 7.70. The summed E-state index contributed by atoms with van der Waals surface area (Å²) >= 11 is 0.